The lowest BCUT2D eigenvalue weighted by Gasteiger charge is -2.45. The minimum Gasteiger partial charge on any atom is -0.339 e. The number of aromatic nitrogens is 1. The molecule has 0 radical (unpaired) electrons. The van der Waals surface area contributed by atoms with E-state index in [9.17, 15) is 4.79 Å². The summed E-state index contributed by atoms with van der Waals surface area (Å²) in [5, 5.41) is 0. The van der Waals surface area contributed by atoms with Crippen molar-refractivity contribution in [1.29, 1.82) is 0 Å². The number of hydrogen-bond donors (Lipinski definition) is 0. The molecule has 4 heteroatoms. The van der Waals surface area contributed by atoms with E-state index in [4.69, 9.17) is 0 Å². The first-order valence-electron chi connectivity index (χ1n) is 10.2. The fourth-order valence-electron chi connectivity index (χ4n) is 3.83. The Morgan fingerprint density at radius 3 is 2.48 bits per heavy atom. The molecule has 142 valence electrons. The molecule has 1 aliphatic carbocycles. The zero-order valence-electron chi connectivity index (χ0n) is 16.0. The number of hydrogen-bond acceptors (Lipinski definition) is 3. The van der Waals surface area contributed by atoms with Crippen LogP contribution in [0.15, 0.2) is 54.9 Å². The Kier molecular flexibility index (Phi) is 5.83. The molecule has 1 saturated carbocycles. The second-order valence-electron chi connectivity index (χ2n) is 8.02. The molecule has 2 aliphatic rings. The number of nitrogens with zero attached hydrogens (tertiary/aromatic N) is 3. The summed E-state index contributed by atoms with van der Waals surface area (Å²) >= 11 is 0. The van der Waals surface area contributed by atoms with Crippen LogP contribution < -0.4 is 0 Å². The second-order valence-corrected chi connectivity index (χ2v) is 8.02. The highest BCUT2D eigenvalue weighted by molar-refractivity contribution is 5.77. The standard InChI is InChI=1S/C23H29N3O/c27-23(8-4-7-19-5-2-1-3-6-19)26-17-22(18-26)25(15-20-9-10-20)16-21-11-13-24-14-12-21/h1-3,5-6,11-14,20,22H,4,7-10,15-18H2. The summed E-state index contributed by atoms with van der Waals surface area (Å²) in [5.41, 5.74) is 2.64. The molecular weight excluding hydrogens is 334 g/mol. The van der Waals surface area contributed by atoms with Crippen LogP contribution in [0.3, 0.4) is 0 Å². The summed E-state index contributed by atoms with van der Waals surface area (Å²) in [7, 11) is 0. The maximum absolute atomic E-state index is 12.5. The lowest BCUT2D eigenvalue weighted by atomic mass is 10.0. The summed E-state index contributed by atoms with van der Waals surface area (Å²) in [4.78, 5) is 21.2. The molecular formula is C23H29N3O. The lowest BCUT2D eigenvalue weighted by molar-refractivity contribution is -0.139. The molecule has 2 aromatic rings. The van der Waals surface area contributed by atoms with Crippen molar-refractivity contribution < 1.29 is 4.79 Å². The number of aryl methyl sites for hydroxylation is 1. The van der Waals surface area contributed by atoms with Gasteiger partial charge in [-0.25, -0.2) is 0 Å². The van der Waals surface area contributed by atoms with Crippen LogP contribution in [-0.2, 0) is 17.8 Å². The summed E-state index contributed by atoms with van der Waals surface area (Å²) in [6.45, 7) is 3.92. The van der Waals surface area contributed by atoms with Crippen LogP contribution in [0.25, 0.3) is 0 Å². The van der Waals surface area contributed by atoms with E-state index in [1.165, 1.54) is 30.5 Å². The first-order valence-corrected chi connectivity index (χ1v) is 10.2. The average molecular weight is 364 g/mol. The van der Waals surface area contributed by atoms with Crippen LogP contribution in [0, 0.1) is 5.92 Å². The minimum absolute atomic E-state index is 0.317. The van der Waals surface area contributed by atoms with Gasteiger partial charge in [-0.1, -0.05) is 30.3 Å². The Morgan fingerprint density at radius 2 is 1.78 bits per heavy atom. The maximum Gasteiger partial charge on any atom is 0.222 e. The molecule has 1 aliphatic heterocycles. The zero-order valence-corrected chi connectivity index (χ0v) is 16.0. The monoisotopic (exact) mass is 363 g/mol. The van der Waals surface area contributed by atoms with Crippen molar-refractivity contribution in [2.45, 2.75) is 44.7 Å². The Bertz CT molecular complexity index is 724. The van der Waals surface area contributed by atoms with E-state index < -0.39 is 0 Å². The predicted octanol–water partition coefficient (Wildman–Crippen LogP) is 3.53. The molecule has 4 rings (SSSR count). The van der Waals surface area contributed by atoms with Gasteiger partial charge in [0.05, 0.1) is 0 Å². The van der Waals surface area contributed by atoms with Gasteiger partial charge in [0.2, 0.25) is 5.91 Å². The van der Waals surface area contributed by atoms with Gasteiger partial charge in [-0.3, -0.25) is 14.7 Å². The molecule has 1 saturated heterocycles. The number of benzene rings is 1. The Hall–Kier alpha value is -2.20. The number of likely N-dealkylation sites (tertiary alicyclic amines) is 1. The highest BCUT2D eigenvalue weighted by Gasteiger charge is 2.36. The van der Waals surface area contributed by atoms with Gasteiger partial charge in [-0.2, -0.15) is 0 Å². The van der Waals surface area contributed by atoms with Gasteiger partial charge in [0.1, 0.15) is 0 Å². The molecule has 1 aromatic carbocycles. The predicted molar refractivity (Wildman–Crippen MR) is 107 cm³/mol. The third-order valence-corrected chi connectivity index (χ3v) is 5.75. The van der Waals surface area contributed by atoms with Crippen molar-refractivity contribution in [1.82, 2.24) is 14.8 Å². The van der Waals surface area contributed by atoms with Crippen molar-refractivity contribution in [2.24, 2.45) is 5.92 Å². The molecule has 4 nitrogen and oxygen atoms in total. The Labute approximate surface area is 162 Å². The number of pyridine rings is 1. The molecule has 2 heterocycles. The fraction of sp³-hybridized carbons (Fsp3) is 0.478. The highest BCUT2D eigenvalue weighted by Crippen LogP contribution is 2.32. The molecule has 0 atom stereocenters. The van der Waals surface area contributed by atoms with Gasteiger partial charge in [0, 0.05) is 51.0 Å². The topological polar surface area (TPSA) is 36.4 Å². The minimum atomic E-state index is 0.317. The molecule has 0 spiro atoms. The van der Waals surface area contributed by atoms with Crippen molar-refractivity contribution in [2.75, 3.05) is 19.6 Å². The maximum atomic E-state index is 12.5. The highest BCUT2D eigenvalue weighted by atomic mass is 16.2. The molecule has 27 heavy (non-hydrogen) atoms. The summed E-state index contributed by atoms with van der Waals surface area (Å²) in [5.74, 6) is 1.18. The smallest absolute Gasteiger partial charge is 0.222 e. The van der Waals surface area contributed by atoms with Gasteiger partial charge >= 0.3 is 0 Å². The molecule has 1 aromatic heterocycles. The normalized spacial score (nSPS) is 17.1. The van der Waals surface area contributed by atoms with Crippen LogP contribution in [0.2, 0.25) is 0 Å². The summed E-state index contributed by atoms with van der Waals surface area (Å²) in [6, 6.07) is 15.2. The summed E-state index contributed by atoms with van der Waals surface area (Å²) in [6.07, 6.45) is 9.05. The van der Waals surface area contributed by atoms with E-state index in [0.29, 0.717) is 18.4 Å². The Balaban J connectivity index is 1.23. The van der Waals surface area contributed by atoms with Gasteiger partial charge in [0.15, 0.2) is 0 Å². The number of carbonyl (C=O) groups excluding carboxylic acids is 1. The summed E-state index contributed by atoms with van der Waals surface area (Å²) < 4.78 is 0. The van der Waals surface area contributed by atoms with Crippen molar-refractivity contribution in [3.8, 4) is 0 Å². The van der Waals surface area contributed by atoms with Gasteiger partial charge < -0.3 is 4.90 Å². The third kappa shape index (κ3) is 5.16. The van der Waals surface area contributed by atoms with E-state index in [-0.39, 0.29) is 0 Å². The van der Waals surface area contributed by atoms with Crippen molar-refractivity contribution in [3.05, 3.63) is 66.0 Å². The van der Waals surface area contributed by atoms with E-state index in [1.807, 2.05) is 23.4 Å². The molecule has 0 N–H and O–H groups in total. The zero-order chi connectivity index (χ0) is 18.5. The number of carbonyl (C=O) groups is 1. The van der Waals surface area contributed by atoms with E-state index in [2.05, 4.69) is 46.3 Å². The number of amides is 1. The van der Waals surface area contributed by atoms with Crippen LogP contribution in [-0.4, -0.2) is 46.4 Å². The first-order chi connectivity index (χ1) is 13.3. The van der Waals surface area contributed by atoms with Crippen molar-refractivity contribution >= 4 is 5.91 Å². The van der Waals surface area contributed by atoms with Crippen molar-refractivity contribution in [3.63, 3.8) is 0 Å². The quantitative estimate of drug-likeness (QED) is 0.684. The van der Waals surface area contributed by atoms with Gasteiger partial charge in [-0.05, 0) is 54.9 Å². The molecule has 0 bridgehead atoms. The largest absolute Gasteiger partial charge is 0.339 e. The average Bonchev–Trinajstić information content (AvgIpc) is 3.46. The number of rotatable bonds is 9. The van der Waals surface area contributed by atoms with Crippen LogP contribution in [0.1, 0.15) is 36.8 Å². The Morgan fingerprint density at radius 1 is 1.04 bits per heavy atom. The van der Waals surface area contributed by atoms with Crippen LogP contribution >= 0.6 is 0 Å². The van der Waals surface area contributed by atoms with E-state index in [0.717, 1.165) is 38.4 Å². The lowest BCUT2D eigenvalue weighted by Crippen LogP contribution is -2.61. The van der Waals surface area contributed by atoms with E-state index >= 15 is 0 Å². The van der Waals surface area contributed by atoms with Gasteiger partial charge in [-0.15, -0.1) is 0 Å². The van der Waals surface area contributed by atoms with Crippen LogP contribution in [0.4, 0.5) is 0 Å². The third-order valence-electron chi connectivity index (χ3n) is 5.75. The SMILES string of the molecule is O=C(CCCc1ccccc1)N1CC(N(Cc2ccncc2)CC2CC2)C1. The van der Waals surface area contributed by atoms with Crippen LogP contribution in [0.5, 0.6) is 0 Å². The fourth-order valence-corrected chi connectivity index (χ4v) is 3.83. The van der Waals surface area contributed by atoms with E-state index in [1.54, 1.807) is 0 Å². The first kappa shape index (κ1) is 18.2. The molecule has 2 fully saturated rings. The second kappa shape index (κ2) is 8.66. The van der Waals surface area contributed by atoms with Gasteiger partial charge in [0.25, 0.3) is 0 Å². The molecule has 1 amide bonds. The molecule has 0 unspecified atom stereocenters.